The molecule has 0 bridgehead atoms. The molecule has 1 aromatic heterocycles. The van der Waals surface area contributed by atoms with Crippen LogP contribution >= 0.6 is 0 Å². The summed E-state index contributed by atoms with van der Waals surface area (Å²) in [5.74, 6) is -0.706. The maximum absolute atomic E-state index is 11.6. The third kappa shape index (κ3) is 3.80. The van der Waals surface area contributed by atoms with E-state index in [1.54, 1.807) is 13.0 Å². The number of rotatable bonds is 5. The van der Waals surface area contributed by atoms with Gasteiger partial charge in [0.1, 0.15) is 5.69 Å². The Morgan fingerprint density at radius 2 is 2.17 bits per heavy atom. The SMILES string of the molecule is CCC(C)CNC(=O)Nc1cc(C)[nH]c1C(=O)O. The second kappa shape index (κ2) is 6.09. The van der Waals surface area contributed by atoms with E-state index in [1.165, 1.54) is 0 Å². The Hall–Kier alpha value is -1.98. The molecule has 6 nitrogen and oxygen atoms in total. The first-order valence-electron chi connectivity index (χ1n) is 5.91. The van der Waals surface area contributed by atoms with Crippen LogP contribution in [0.4, 0.5) is 10.5 Å². The molecule has 18 heavy (non-hydrogen) atoms. The van der Waals surface area contributed by atoms with E-state index in [1.807, 2.05) is 13.8 Å². The summed E-state index contributed by atoms with van der Waals surface area (Å²) in [7, 11) is 0. The van der Waals surface area contributed by atoms with Gasteiger partial charge in [0.05, 0.1) is 5.69 Å². The minimum absolute atomic E-state index is 0.00816. The first kappa shape index (κ1) is 14.1. The van der Waals surface area contributed by atoms with Crippen molar-refractivity contribution in [1.29, 1.82) is 0 Å². The molecule has 0 saturated carbocycles. The topological polar surface area (TPSA) is 94.2 Å². The molecule has 1 heterocycles. The summed E-state index contributed by atoms with van der Waals surface area (Å²) in [5.41, 5.74) is 0.956. The molecule has 0 spiro atoms. The van der Waals surface area contributed by atoms with Crippen LogP contribution in [-0.4, -0.2) is 28.6 Å². The van der Waals surface area contributed by atoms with E-state index < -0.39 is 12.0 Å². The van der Waals surface area contributed by atoms with Gasteiger partial charge in [-0.2, -0.15) is 0 Å². The molecule has 4 N–H and O–H groups in total. The molecule has 0 aliphatic rings. The molecule has 0 radical (unpaired) electrons. The van der Waals surface area contributed by atoms with E-state index in [4.69, 9.17) is 5.11 Å². The van der Waals surface area contributed by atoms with Gasteiger partial charge < -0.3 is 20.7 Å². The van der Waals surface area contributed by atoms with Crippen molar-refractivity contribution in [3.05, 3.63) is 17.5 Å². The Kier molecular flexibility index (Phi) is 4.76. The number of aryl methyl sites for hydroxylation is 1. The average Bonchev–Trinajstić information content (AvgIpc) is 2.67. The Morgan fingerprint density at radius 3 is 2.72 bits per heavy atom. The van der Waals surface area contributed by atoms with Gasteiger partial charge in [0, 0.05) is 12.2 Å². The highest BCUT2D eigenvalue weighted by Gasteiger charge is 2.15. The first-order valence-corrected chi connectivity index (χ1v) is 5.91. The third-order valence-corrected chi connectivity index (χ3v) is 2.72. The Bertz CT molecular complexity index is 440. The van der Waals surface area contributed by atoms with Crippen molar-refractivity contribution in [1.82, 2.24) is 10.3 Å². The molecular weight excluding hydrogens is 234 g/mol. The number of hydrogen-bond donors (Lipinski definition) is 4. The lowest BCUT2D eigenvalue weighted by Gasteiger charge is -2.10. The van der Waals surface area contributed by atoms with Crippen LogP contribution in [0.2, 0.25) is 0 Å². The third-order valence-electron chi connectivity index (χ3n) is 2.72. The summed E-state index contributed by atoms with van der Waals surface area (Å²) in [6, 6.07) is 1.20. The number of H-pyrrole nitrogens is 1. The van der Waals surface area contributed by atoms with Crippen LogP contribution in [0, 0.1) is 12.8 Å². The van der Waals surface area contributed by atoms with Crippen molar-refractivity contribution in [3.8, 4) is 0 Å². The second-order valence-corrected chi connectivity index (χ2v) is 4.39. The van der Waals surface area contributed by atoms with Gasteiger partial charge >= 0.3 is 12.0 Å². The molecule has 1 aromatic rings. The largest absolute Gasteiger partial charge is 0.477 e. The van der Waals surface area contributed by atoms with Gasteiger partial charge in [0.2, 0.25) is 0 Å². The molecule has 1 rings (SSSR count). The quantitative estimate of drug-likeness (QED) is 0.648. The van der Waals surface area contributed by atoms with Crippen molar-refractivity contribution >= 4 is 17.7 Å². The van der Waals surface area contributed by atoms with Crippen molar-refractivity contribution in [3.63, 3.8) is 0 Å². The lowest BCUT2D eigenvalue weighted by molar-refractivity contribution is 0.0692. The van der Waals surface area contributed by atoms with Gasteiger partial charge in [-0.15, -0.1) is 0 Å². The molecule has 0 aliphatic carbocycles. The highest BCUT2D eigenvalue weighted by Crippen LogP contribution is 2.16. The van der Waals surface area contributed by atoms with Gasteiger partial charge in [0.15, 0.2) is 0 Å². The average molecular weight is 253 g/mol. The standard InChI is InChI=1S/C12H19N3O3/c1-4-7(2)6-13-12(18)15-9-5-8(3)14-10(9)11(16)17/h5,7,14H,4,6H2,1-3H3,(H,16,17)(H2,13,15,18). The number of aromatic carboxylic acids is 1. The number of carboxylic acid groups (broad SMARTS) is 1. The number of aromatic amines is 1. The normalized spacial score (nSPS) is 11.9. The Morgan fingerprint density at radius 1 is 1.50 bits per heavy atom. The molecule has 0 aliphatic heterocycles. The Labute approximate surface area is 106 Å². The number of amides is 2. The summed E-state index contributed by atoms with van der Waals surface area (Å²) in [6.45, 7) is 6.37. The summed E-state index contributed by atoms with van der Waals surface area (Å²) in [5, 5.41) is 14.2. The molecule has 1 unspecified atom stereocenters. The zero-order valence-electron chi connectivity index (χ0n) is 10.8. The molecule has 100 valence electrons. The smallest absolute Gasteiger partial charge is 0.354 e. The van der Waals surface area contributed by atoms with E-state index in [2.05, 4.69) is 15.6 Å². The summed E-state index contributed by atoms with van der Waals surface area (Å²) >= 11 is 0. The van der Waals surface area contributed by atoms with Crippen molar-refractivity contribution in [2.45, 2.75) is 27.2 Å². The maximum Gasteiger partial charge on any atom is 0.354 e. The molecule has 0 fully saturated rings. The predicted molar refractivity (Wildman–Crippen MR) is 69.0 cm³/mol. The maximum atomic E-state index is 11.6. The monoisotopic (exact) mass is 253 g/mol. The summed E-state index contributed by atoms with van der Waals surface area (Å²) in [4.78, 5) is 25.2. The van der Waals surface area contributed by atoms with E-state index in [0.717, 1.165) is 6.42 Å². The van der Waals surface area contributed by atoms with E-state index >= 15 is 0 Å². The van der Waals surface area contributed by atoms with Crippen LogP contribution in [0.5, 0.6) is 0 Å². The Balaban J connectivity index is 2.61. The number of hydrogen-bond acceptors (Lipinski definition) is 2. The van der Waals surface area contributed by atoms with Crippen LogP contribution < -0.4 is 10.6 Å². The van der Waals surface area contributed by atoms with Crippen LogP contribution in [0.1, 0.15) is 36.5 Å². The number of aromatic nitrogens is 1. The van der Waals surface area contributed by atoms with Gasteiger partial charge in [-0.3, -0.25) is 0 Å². The number of urea groups is 1. The number of carbonyl (C=O) groups is 2. The zero-order chi connectivity index (χ0) is 13.7. The predicted octanol–water partition coefficient (Wildman–Crippen LogP) is 2.19. The van der Waals surface area contributed by atoms with Crippen molar-refractivity contribution in [2.24, 2.45) is 5.92 Å². The number of nitrogens with one attached hydrogen (secondary N) is 3. The van der Waals surface area contributed by atoms with Gasteiger partial charge in [-0.05, 0) is 18.9 Å². The van der Waals surface area contributed by atoms with Gasteiger partial charge in [-0.1, -0.05) is 20.3 Å². The fraction of sp³-hybridized carbons (Fsp3) is 0.500. The minimum atomic E-state index is -1.10. The highest BCUT2D eigenvalue weighted by molar-refractivity contribution is 5.99. The summed E-state index contributed by atoms with van der Waals surface area (Å²) < 4.78 is 0. The van der Waals surface area contributed by atoms with Crippen LogP contribution in [0.15, 0.2) is 6.07 Å². The molecule has 2 amide bonds. The number of anilines is 1. The molecular formula is C12H19N3O3. The van der Waals surface area contributed by atoms with E-state index in [9.17, 15) is 9.59 Å². The minimum Gasteiger partial charge on any atom is -0.477 e. The van der Waals surface area contributed by atoms with Crippen LogP contribution in [0.25, 0.3) is 0 Å². The number of carbonyl (C=O) groups excluding carboxylic acids is 1. The molecule has 0 aromatic carbocycles. The highest BCUT2D eigenvalue weighted by atomic mass is 16.4. The summed E-state index contributed by atoms with van der Waals surface area (Å²) in [6.07, 6.45) is 0.976. The van der Waals surface area contributed by atoms with Crippen molar-refractivity contribution < 1.29 is 14.7 Å². The van der Waals surface area contributed by atoms with Crippen LogP contribution in [-0.2, 0) is 0 Å². The zero-order valence-corrected chi connectivity index (χ0v) is 10.8. The molecule has 0 saturated heterocycles. The first-order chi connectivity index (χ1) is 8.43. The van der Waals surface area contributed by atoms with Crippen molar-refractivity contribution in [2.75, 3.05) is 11.9 Å². The number of carboxylic acids is 1. The fourth-order valence-corrected chi connectivity index (χ4v) is 1.43. The molecule has 1 atom stereocenters. The fourth-order valence-electron chi connectivity index (χ4n) is 1.43. The second-order valence-electron chi connectivity index (χ2n) is 4.39. The van der Waals surface area contributed by atoms with E-state index in [0.29, 0.717) is 18.2 Å². The van der Waals surface area contributed by atoms with Crippen LogP contribution in [0.3, 0.4) is 0 Å². The van der Waals surface area contributed by atoms with Gasteiger partial charge in [-0.25, -0.2) is 9.59 Å². The van der Waals surface area contributed by atoms with E-state index in [-0.39, 0.29) is 11.4 Å². The van der Waals surface area contributed by atoms with Gasteiger partial charge in [0.25, 0.3) is 0 Å². The lowest BCUT2D eigenvalue weighted by atomic mass is 10.1. The lowest BCUT2D eigenvalue weighted by Crippen LogP contribution is -2.32. The molecule has 6 heteroatoms.